The van der Waals surface area contributed by atoms with Crippen LogP contribution in [0.15, 0.2) is 18.2 Å². The van der Waals surface area contributed by atoms with Crippen LogP contribution in [-0.4, -0.2) is 57.8 Å². The van der Waals surface area contributed by atoms with Crippen LogP contribution in [0, 0.1) is 6.92 Å². The van der Waals surface area contributed by atoms with Crippen LogP contribution in [0.2, 0.25) is 0 Å². The summed E-state index contributed by atoms with van der Waals surface area (Å²) in [4.78, 5) is 25.5. The summed E-state index contributed by atoms with van der Waals surface area (Å²) in [5, 5.41) is 2.93. The van der Waals surface area contributed by atoms with Crippen LogP contribution < -0.4 is 10.0 Å². The van der Waals surface area contributed by atoms with Gasteiger partial charge >= 0.3 is 6.09 Å². The van der Waals surface area contributed by atoms with Crippen molar-refractivity contribution in [3.63, 3.8) is 0 Å². The Morgan fingerprint density at radius 3 is 2.44 bits per heavy atom. The molecule has 1 fully saturated rings. The molecule has 8 nitrogen and oxygen atoms in total. The number of hydrogen-bond donors (Lipinski definition) is 2. The van der Waals surface area contributed by atoms with Gasteiger partial charge in [-0.15, -0.1) is 0 Å². The Kier molecular flexibility index (Phi) is 5.89. The van der Waals surface area contributed by atoms with Gasteiger partial charge in [0, 0.05) is 24.7 Å². The number of carbonyl (C=O) groups excluding carboxylic acids is 2. The predicted molar refractivity (Wildman–Crippen MR) is 94.1 cm³/mol. The minimum Gasteiger partial charge on any atom is -0.453 e. The zero-order valence-electron chi connectivity index (χ0n) is 14.5. The fraction of sp³-hybridized carbons (Fsp3) is 0.500. The molecular formula is C16H23N3O5S. The second-order valence-corrected chi connectivity index (χ2v) is 7.86. The first-order valence-electron chi connectivity index (χ1n) is 7.92. The SMILES string of the molecule is COC(=O)N1CCC(NC(=O)c2ccc(C)c(NS(C)(=O)=O)c2)CC1. The van der Waals surface area contributed by atoms with Gasteiger partial charge in [0.05, 0.1) is 19.1 Å². The molecule has 0 spiro atoms. The van der Waals surface area contributed by atoms with Crippen LogP contribution in [0.3, 0.4) is 0 Å². The number of rotatable bonds is 4. The number of carbonyl (C=O) groups is 2. The van der Waals surface area contributed by atoms with Crippen LogP contribution >= 0.6 is 0 Å². The molecule has 25 heavy (non-hydrogen) atoms. The van der Waals surface area contributed by atoms with Gasteiger partial charge < -0.3 is 15.0 Å². The fourth-order valence-corrected chi connectivity index (χ4v) is 3.30. The van der Waals surface area contributed by atoms with Crippen molar-refractivity contribution in [2.75, 3.05) is 31.2 Å². The molecule has 1 aliphatic rings. The molecule has 0 radical (unpaired) electrons. The summed E-state index contributed by atoms with van der Waals surface area (Å²) in [6, 6.07) is 4.83. The maximum Gasteiger partial charge on any atom is 0.409 e. The van der Waals surface area contributed by atoms with Crippen molar-refractivity contribution in [2.45, 2.75) is 25.8 Å². The van der Waals surface area contributed by atoms with Gasteiger partial charge in [-0.1, -0.05) is 6.07 Å². The normalized spacial score (nSPS) is 15.6. The number of aryl methyl sites for hydroxylation is 1. The molecule has 2 rings (SSSR count). The summed E-state index contributed by atoms with van der Waals surface area (Å²) in [6.45, 7) is 2.80. The highest BCUT2D eigenvalue weighted by atomic mass is 32.2. The first kappa shape index (κ1) is 19.0. The summed E-state index contributed by atoms with van der Waals surface area (Å²) >= 11 is 0. The molecule has 0 bridgehead atoms. The van der Waals surface area contributed by atoms with Gasteiger partial charge in [-0.3, -0.25) is 9.52 Å². The molecule has 0 atom stereocenters. The number of ether oxygens (including phenoxy) is 1. The molecule has 0 aromatic heterocycles. The van der Waals surface area contributed by atoms with Crippen molar-refractivity contribution >= 4 is 27.7 Å². The molecule has 1 aromatic carbocycles. The first-order chi connectivity index (χ1) is 11.7. The molecule has 1 saturated heterocycles. The Bertz CT molecular complexity index is 755. The highest BCUT2D eigenvalue weighted by molar-refractivity contribution is 7.92. The number of nitrogens with zero attached hydrogens (tertiary/aromatic N) is 1. The maximum atomic E-state index is 12.4. The van der Waals surface area contributed by atoms with Crippen LogP contribution in [0.4, 0.5) is 10.5 Å². The monoisotopic (exact) mass is 369 g/mol. The van der Waals surface area contributed by atoms with Gasteiger partial charge in [0.15, 0.2) is 0 Å². The topological polar surface area (TPSA) is 105 Å². The molecule has 1 aromatic rings. The number of anilines is 1. The summed E-state index contributed by atoms with van der Waals surface area (Å²) in [5.41, 5.74) is 1.50. The summed E-state index contributed by atoms with van der Waals surface area (Å²) in [7, 11) is -2.07. The van der Waals surface area contributed by atoms with Crippen LogP contribution in [0.5, 0.6) is 0 Å². The van der Waals surface area contributed by atoms with Gasteiger partial charge in [0.2, 0.25) is 10.0 Å². The summed E-state index contributed by atoms with van der Waals surface area (Å²) in [6.07, 6.45) is 1.98. The van der Waals surface area contributed by atoms with Crippen molar-refractivity contribution in [1.29, 1.82) is 0 Å². The summed E-state index contributed by atoms with van der Waals surface area (Å²) in [5.74, 6) is -0.270. The zero-order valence-corrected chi connectivity index (χ0v) is 15.4. The zero-order chi connectivity index (χ0) is 18.6. The predicted octanol–water partition coefficient (Wildman–Crippen LogP) is 1.33. The average molecular weight is 369 g/mol. The van der Waals surface area contributed by atoms with E-state index in [1.807, 2.05) is 0 Å². The molecule has 0 aliphatic carbocycles. The number of piperidine rings is 1. The largest absolute Gasteiger partial charge is 0.453 e. The number of methoxy groups -OCH3 is 1. The molecule has 1 heterocycles. The highest BCUT2D eigenvalue weighted by Gasteiger charge is 2.24. The third kappa shape index (κ3) is 5.35. The lowest BCUT2D eigenvalue weighted by molar-refractivity contribution is 0.0892. The summed E-state index contributed by atoms with van der Waals surface area (Å²) < 4.78 is 29.9. The Labute approximate surface area is 147 Å². The first-order valence-corrected chi connectivity index (χ1v) is 9.81. The molecular weight excluding hydrogens is 346 g/mol. The van der Waals surface area contributed by atoms with E-state index < -0.39 is 10.0 Å². The molecule has 2 N–H and O–H groups in total. The van der Waals surface area contributed by atoms with Crippen molar-refractivity contribution in [1.82, 2.24) is 10.2 Å². The maximum absolute atomic E-state index is 12.4. The van der Waals surface area contributed by atoms with E-state index in [1.165, 1.54) is 13.2 Å². The minimum atomic E-state index is -3.42. The van der Waals surface area contributed by atoms with Gasteiger partial charge in [-0.25, -0.2) is 13.2 Å². The minimum absolute atomic E-state index is 0.0407. The van der Waals surface area contributed by atoms with Gasteiger partial charge in [-0.2, -0.15) is 0 Å². The lowest BCUT2D eigenvalue weighted by Crippen LogP contribution is -2.46. The Balaban J connectivity index is 2.00. The van der Waals surface area contributed by atoms with E-state index in [-0.39, 0.29) is 18.0 Å². The standard InChI is InChI=1S/C16H23N3O5S/c1-11-4-5-12(10-14(11)18-25(3,22)23)15(20)17-13-6-8-19(9-7-13)16(21)24-2/h4-5,10,13,18H,6-9H2,1-3H3,(H,17,20). The number of amides is 2. The lowest BCUT2D eigenvalue weighted by Gasteiger charge is -2.31. The highest BCUT2D eigenvalue weighted by Crippen LogP contribution is 2.19. The molecule has 0 saturated carbocycles. The van der Waals surface area contributed by atoms with E-state index >= 15 is 0 Å². The van der Waals surface area contributed by atoms with Crippen molar-refractivity contribution in [2.24, 2.45) is 0 Å². The third-order valence-electron chi connectivity index (χ3n) is 4.06. The number of benzene rings is 1. The molecule has 9 heteroatoms. The lowest BCUT2D eigenvalue weighted by atomic mass is 10.0. The van der Waals surface area contributed by atoms with Gasteiger partial charge in [-0.05, 0) is 37.5 Å². The molecule has 1 aliphatic heterocycles. The smallest absolute Gasteiger partial charge is 0.409 e. The fourth-order valence-electron chi connectivity index (χ4n) is 2.68. The van der Waals surface area contributed by atoms with E-state index in [2.05, 4.69) is 14.8 Å². The molecule has 0 unspecified atom stereocenters. The van der Waals surface area contributed by atoms with Crippen LogP contribution in [0.1, 0.15) is 28.8 Å². The van der Waals surface area contributed by atoms with Crippen LogP contribution in [0.25, 0.3) is 0 Å². The molecule has 2 amide bonds. The van der Waals surface area contributed by atoms with E-state index in [9.17, 15) is 18.0 Å². The number of hydrogen-bond acceptors (Lipinski definition) is 5. The number of likely N-dealkylation sites (tertiary alicyclic amines) is 1. The van der Waals surface area contributed by atoms with Crippen molar-refractivity contribution in [3.05, 3.63) is 29.3 Å². The van der Waals surface area contributed by atoms with E-state index in [4.69, 9.17) is 0 Å². The van der Waals surface area contributed by atoms with Crippen molar-refractivity contribution < 1.29 is 22.7 Å². The Hall–Kier alpha value is -2.29. The number of nitrogens with one attached hydrogen (secondary N) is 2. The number of sulfonamides is 1. The third-order valence-corrected chi connectivity index (χ3v) is 4.65. The van der Waals surface area contributed by atoms with E-state index in [0.29, 0.717) is 37.2 Å². The van der Waals surface area contributed by atoms with Crippen LogP contribution in [-0.2, 0) is 14.8 Å². The Morgan fingerprint density at radius 1 is 1.24 bits per heavy atom. The Morgan fingerprint density at radius 2 is 1.88 bits per heavy atom. The second kappa shape index (κ2) is 7.73. The average Bonchev–Trinajstić information content (AvgIpc) is 2.55. The second-order valence-electron chi connectivity index (χ2n) is 6.11. The van der Waals surface area contributed by atoms with Gasteiger partial charge in [0.25, 0.3) is 5.91 Å². The van der Waals surface area contributed by atoms with Crippen molar-refractivity contribution in [3.8, 4) is 0 Å². The van der Waals surface area contributed by atoms with E-state index in [1.54, 1.807) is 24.0 Å². The van der Waals surface area contributed by atoms with Gasteiger partial charge in [0.1, 0.15) is 0 Å². The quantitative estimate of drug-likeness (QED) is 0.833. The molecule has 138 valence electrons. The van der Waals surface area contributed by atoms with E-state index in [0.717, 1.165) is 11.8 Å².